The predicted octanol–water partition coefficient (Wildman–Crippen LogP) is 4.52. The molecule has 5 heteroatoms. The Morgan fingerprint density at radius 2 is 1.74 bits per heavy atom. The van der Waals surface area contributed by atoms with Crippen LogP contribution in [-0.2, 0) is 5.54 Å². The molecule has 2 aliphatic rings. The molecule has 2 aliphatic heterocycles. The first kappa shape index (κ1) is 22.0. The van der Waals surface area contributed by atoms with E-state index >= 15 is 0 Å². The van der Waals surface area contributed by atoms with Crippen molar-refractivity contribution < 1.29 is 14.2 Å². The number of fused-ring (bicyclic) bond motifs is 3. The second-order valence-corrected chi connectivity index (χ2v) is 9.05. The molecule has 2 heterocycles. The van der Waals surface area contributed by atoms with E-state index in [1.165, 1.54) is 16.7 Å². The highest BCUT2D eigenvalue weighted by molar-refractivity contribution is 5.55. The van der Waals surface area contributed by atoms with Gasteiger partial charge in [0.05, 0.1) is 26.9 Å². The number of benzene rings is 2. The van der Waals surface area contributed by atoms with E-state index in [-0.39, 0.29) is 17.5 Å². The molecule has 2 aromatic rings. The fourth-order valence-corrected chi connectivity index (χ4v) is 5.80. The third-order valence-corrected chi connectivity index (χ3v) is 7.65. The summed E-state index contributed by atoms with van der Waals surface area (Å²) >= 11 is 0. The van der Waals surface area contributed by atoms with E-state index < -0.39 is 0 Å². The van der Waals surface area contributed by atoms with Crippen molar-refractivity contribution in [2.75, 3.05) is 34.4 Å². The summed E-state index contributed by atoms with van der Waals surface area (Å²) in [5.74, 6) is 3.19. The van der Waals surface area contributed by atoms with Gasteiger partial charge in [-0.05, 0) is 59.7 Å². The number of nitrogens with two attached hydrogens (primary N) is 1. The number of rotatable bonds is 6. The van der Waals surface area contributed by atoms with Gasteiger partial charge in [-0.3, -0.25) is 4.90 Å². The summed E-state index contributed by atoms with van der Waals surface area (Å²) in [4.78, 5) is 2.70. The summed E-state index contributed by atoms with van der Waals surface area (Å²) in [6, 6.07) is 13.1. The second kappa shape index (κ2) is 8.71. The zero-order chi connectivity index (χ0) is 22.2. The topological polar surface area (TPSA) is 57.0 Å². The minimum atomic E-state index is -0.0791. The number of hydrogen-bond donors (Lipinski definition) is 1. The molecule has 0 aromatic heterocycles. The average molecular weight is 425 g/mol. The van der Waals surface area contributed by atoms with E-state index in [0.717, 1.165) is 49.6 Å². The van der Waals surface area contributed by atoms with E-state index in [0.29, 0.717) is 5.92 Å². The molecular formula is C26H36N2O3. The lowest BCUT2D eigenvalue weighted by atomic mass is 9.64. The average Bonchev–Trinajstić information content (AvgIpc) is 2.82. The van der Waals surface area contributed by atoms with Crippen molar-refractivity contribution in [3.63, 3.8) is 0 Å². The molecule has 4 unspecified atom stereocenters. The van der Waals surface area contributed by atoms with Crippen molar-refractivity contribution in [2.24, 2.45) is 11.7 Å². The van der Waals surface area contributed by atoms with Gasteiger partial charge in [-0.1, -0.05) is 32.4 Å². The molecule has 0 amide bonds. The van der Waals surface area contributed by atoms with E-state index in [1.54, 1.807) is 21.3 Å². The molecule has 4 rings (SSSR count). The molecule has 4 atom stereocenters. The fourth-order valence-electron chi connectivity index (χ4n) is 5.80. The summed E-state index contributed by atoms with van der Waals surface area (Å²) in [6.07, 6.45) is 3.11. The van der Waals surface area contributed by atoms with Crippen molar-refractivity contribution in [1.82, 2.24) is 4.90 Å². The molecule has 0 saturated carbocycles. The highest BCUT2D eigenvalue weighted by Crippen LogP contribution is 2.54. The van der Waals surface area contributed by atoms with Crippen LogP contribution >= 0.6 is 0 Å². The van der Waals surface area contributed by atoms with Crippen LogP contribution in [-0.4, -0.2) is 45.4 Å². The lowest BCUT2D eigenvalue weighted by Crippen LogP contribution is -2.61. The summed E-state index contributed by atoms with van der Waals surface area (Å²) in [5, 5.41) is 0. The molecule has 1 fully saturated rings. The monoisotopic (exact) mass is 424 g/mol. The van der Waals surface area contributed by atoms with Crippen LogP contribution in [0.5, 0.6) is 17.2 Å². The largest absolute Gasteiger partial charge is 0.497 e. The molecular weight excluding hydrogens is 388 g/mol. The quantitative estimate of drug-likeness (QED) is 0.739. The first-order chi connectivity index (χ1) is 15.0. The van der Waals surface area contributed by atoms with Crippen molar-refractivity contribution in [2.45, 2.75) is 50.6 Å². The van der Waals surface area contributed by atoms with Crippen molar-refractivity contribution in [3.8, 4) is 17.2 Å². The normalized spacial score (nSPS) is 26.5. The van der Waals surface area contributed by atoms with E-state index in [1.807, 2.05) is 0 Å². The number of piperidine rings is 1. The number of methoxy groups -OCH3 is 3. The van der Waals surface area contributed by atoms with Gasteiger partial charge in [0.2, 0.25) is 0 Å². The Morgan fingerprint density at radius 1 is 1.06 bits per heavy atom. The first-order valence-electron chi connectivity index (χ1n) is 11.4. The number of nitrogens with zero attached hydrogens (tertiary/aromatic N) is 1. The Hall–Kier alpha value is -2.24. The molecule has 0 aliphatic carbocycles. The third kappa shape index (κ3) is 3.58. The molecule has 2 N–H and O–H groups in total. The molecule has 31 heavy (non-hydrogen) atoms. The molecule has 5 nitrogen and oxygen atoms in total. The molecule has 0 spiro atoms. The van der Waals surface area contributed by atoms with Crippen LogP contribution in [0, 0.1) is 5.92 Å². The van der Waals surface area contributed by atoms with Crippen LogP contribution in [0.4, 0.5) is 0 Å². The SMILES string of the molecule is CCC(C)C12CC(N)CCN1CC(c1ccc(OC)cc1)c1cc(OC)c(OC)cc12. The van der Waals surface area contributed by atoms with Gasteiger partial charge < -0.3 is 19.9 Å². The standard InChI is InChI=1S/C26H36N2O3/c1-6-17(2)26-15-19(27)11-12-28(26)16-22(18-7-9-20(29-3)10-8-18)21-13-24(30-4)25(31-5)14-23(21)26/h7-10,13-14,17,19,22H,6,11-12,15-16,27H2,1-5H3. The van der Waals surface area contributed by atoms with Crippen LogP contribution in [0.1, 0.15) is 55.7 Å². The zero-order valence-corrected chi connectivity index (χ0v) is 19.5. The second-order valence-electron chi connectivity index (χ2n) is 9.05. The van der Waals surface area contributed by atoms with E-state index in [9.17, 15) is 0 Å². The summed E-state index contributed by atoms with van der Waals surface area (Å²) < 4.78 is 16.9. The van der Waals surface area contributed by atoms with Crippen LogP contribution < -0.4 is 19.9 Å². The van der Waals surface area contributed by atoms with Gasteiger partial charge in [0.25, 0.3) is 0 Å². The molecule has 1 saturated heterocycles. The van der Waals surface area contributed by atoms with Gasteiger partial charge in [-0.25, -0.2) is 0 Å². The highest BCUT2D eigenvalue weighted by atomic mass is 16.5. The summed E-state index contributed by atoms with van der Waals surface area (Å²) in [7, 11) is 5.14. The minimum absolute atomic E-state index is 0.0791. The Kier molecular flexibility index (Phi) is 6.18. The Labute approximate surface area is 186 Å². The third-order valence-electron chi connectivity index (χ3n) is 7.65. The maximum absolute atomic E-state index is 6.58. The highest BCUT2D eigenvalue weighted by Gasteiger charge is 2.51. The Balaban J connectivity index is 1.94. The van der Waals surface area contributed by atoms with Crippen LogP contribution in [0.15, 0.2) is 36.4 Å². The van der Waals surface area contributed by atoms with E-state index in [4.69, 9.17) is 19.9 Å². The lowest BCUT2D eigenvalue weighted by molar-refractivity contribution is -0.0238. The maximum atomic E-state index is 6.58. The Bertz CT molecular complexity index is 914. The molecule has 0 bridgehead atoms. The van der Waals surface area contributed by atoms with Crippen molar-refractivity contribution >= 4 is 0 Å². The van der Waals surface area contributed by atoms with Crippen molar-refractivity contribution in [1.29, 1.82) is 0 Å². The fraction of sp³-hybridized carbons (Fsp3) is 0.538. The van der Waals surface area contributed by atoms with Gasteiger partial charge in [0.1, 0.15) is 5.75 Å². The van der Waals surface area contributed by atoms with Crippen LogP contribution in [0.2, 0.25) is 0 Å². The zero-order valence-electron chi connectivity index (χ0n) is 19.5. The van der Waals surface area contributed by atoms with E-state index in [2.05, 4.69) is 55.1 Å². The van der Waals surface area contributed by atoms with Crippen LogP contribution in [0.3, 0.4) is 0 Å². The molecule has 168 valence electrons. The van der Waals surface area contributed by atoms with Gasteiger partial charge >= 0.3 is 0 Å². The van der Waals surface area contributed by atoms with Gasteiger partial charge in [-0.2, -0.15) is 0 Å². The Morgan fingerprint density at radius 3 is 2.35 bits per heavy atom. The lowest BCUT2D eigenvalue weighted by Gasteiger charge is -2.57. The maximum Gasteiger partial charge on any atom is 0.161 e. The van der Waals surface area contributed by atoms with Gasteiger partial charge in [0.15, 0.2) is 11.5 Å². The van der Waals surface area contributed by atoms with Crippen LogP contribution in [0.25, 0.3) is 0 Å². The number of hydrogen-bond acceptors (Lipinski definition) is 5. The predicted molar refractivity (Wildman–Crippen MR) is 124 cm³/mol. The molecule has 2 aromatic carbocycles. The minimum Gasteiger partial charge on any atom is -0.497 e. The smallest absolute Gasteiger partial charge is 0.161 e. The van der Waals surface area contributed by atoms with Gasteiger partial charge in [0, 0.05) is 25.0 Å². The number of ether oxygens (including phenoxy) is 3. The van der Waals surface area contributed by atoms with Gasteiger partial charge in [-0.15, -0.1) is 0 Å². The van der Waals surface area contributed by atoms with Crippen molar-refractivity contribution in [3.05, 3.63) is 53.1 Å². The molecule has 0 radical (unpaired) electrons. The summed E-state index contributed by atoms with van der Waals surface area (Å²) in [5.41, 5.74) is 10.5. The first-order valence-corrected chi connectivity index (χ1v) is 11.4. The summed E-state index contributed by atoms with van der Waals surface area (Å²) in [6.45, 7) is 6.66.